The number of allylic oxidation sites excluding steroid dienone is 3. The molecule has 1 aliphatic rings. The van der Waals surface area contributed by atoms with Crippen LogP contribution in [0.2, 0.25) is 0 Å². The molecule has 2 nitrogen and oxygen atoms in total. The molecule has 0 radical (unpaired) electrons. The number of ketones is 1. The van der Waals surface area contributed by atoms with Crippen LogP contribution in [0, 0.1) is 5.41 Å². The van der Waals surface area contributed by atoms with E-state index in [-0.39, 0.29) is 22.9 Å². The number of carbonyl (C=O) groups is 1. The number of hydrogen-bond donors (Lipinski definition) is 1. The zero-order chi connectivity index (χ0) is 36.3. The molecule has 1 N–H and O–H groups in total. The molecule has 1 unspecified atom stereocenters. The number of phenols is 1. The van der Waals surface area contributed by atoms with Gasteiger partial charge in [0.15, 0.2) is 5.78 Å². The topological polar surface area (TPSA) is 37.3 Å². The van der Waals surface area contributed by atoms with Crippen LogP contribution >= 0.6 is 0 Å². The van der Waals surface area contributed by atoms with E-state index in [1.54, 1.807) is 6.08 Å². The highest BCUT2D eigenvalue weighted by molar-refractivity contribution is 6.23. The maximum absolute atomic E-state index is 12.9. The Balaban J connectivity index is 1.22. The summed E-state index contributed by atoms with van der Waals surface area (Å²) < 4.78 is 0. The molecule has 0 amide bonds. The van der Waals surface area contributed by atoms with Crippen LogP contribution in [0.1, 0.15) is 77.7 Å². The Morgan fingerprint density at radius 1 is 0.623 bits per heavy atom. The molecular weight excluding hydrogens is 645 g/mol. The maximum Gasteiger partial charge on any atom is 0.186 e. The minimum Gasteiger partial charge on any atom is -0.507 e. The molecule has 0 aromatic heterocycles. The fourth-order valence-corrected chi connectivity index (χ4v) is 9.05. The van der Waals surface area contributed by atoms with Gasteiger partial charge < -0.3 is 5.11 Å². The van der Waals surface area contributed by atoms with Crippen molar-refractivity contribution in [2.75, 3.05) is 0 Å². The third kappa shape index (κ3) is 5.35. The average molecular weight is 687 g/mol. The van der Waals surface area contributed by atoms with E-state index in [1.807, 2.05) is 48.5 Å². The van der Waals surface area contributed by atoms with E-state index < -0.39 is 0 Å². The lowest BCUT2D eigenvalue weighted by atomic mass is 9.66. The molecule has 9 rings (SSSR count). The molecule has 0 heterocycles. The predicted molar refractivity (Wildman–Crippen MR) is 223 cm³/mol. The fourth-order valence-electron chi connectivity index (χ4n) is 9.05. The van der Waals surface area contributed by atoms with Crippen molar-refractivity contribution in [3.8, 4) is 5.75 Å². The minimum atomic E-state index is 0.0161. The Kier molecular flexibility index (Phi) is 8.00. The van der Waals surface area contributed by atoms with Gasteiger partial charge in [0, 0.05) is 10.9 Å². The number of rotatable bonds is 8. The SMILES string of the molecule is CCC(C)(CC)C(Cc1ccc2c(/C(=C3\C=CC(=O)c4ccccc43)c3ccccc3)ccc(O)c2c1)c1ccc2ccc3cccc4ccc1c2c34. The van der Waals surface area contributed by atoms with Crippen molar-refractivity contribution in [3.05, 3.63) is 185 Å². The zero-order valence-electron chi connectivity index (χ0n) is 30.5. The number of carbonyl (C=O) groups excluding carboxylic acids is 1. The van der Waals surface area contributed by atoms with Crippen LogP contribution in [-0.2, 0) is 6.42 Å². The van der Waals surface area contributed by atoms with Crippen molar-refractivity contribution in [2.24, 2.45) is 5.41 Å². The number of hydrogen-bond acceptors (Lipinski definition) is 2. The number of benzene rings is 8. The van der Waals surface area contributed by atoms with Crippen LogP contribution in [0.25, 0.3) is 54.2 Å². The van der Waals surface area contributed by atoms with Gasteiger partial charge >= 0.3 is 0 Å². The van der Waals surface area contributed by atoms with Crippen molar-refractivity contribution in [3.63, 3.8) is 0 Å². The van der Waals surface area contributed by atoms with Gasteiger partial charge in [-0.05, 0) is 119 Å². The summed E-state index contributed by atoms with van der Waals surface area (Å²) >= 11 is 0. The first-order chi connectivity index (χ1) is 25.9. The van der Waals surface area contributed by atoms with Gasteiger partial charge in [-0.15, -0.1) is 0 Å². The van der Waals surface area contributed by atoms with E-state index in [0.29, 0.717) is 5.56 Å². The van der Waals surface area contributed by atoms with Crippen molar-refractivity contribution in [1.82, 2.24) is 0 Å². The molecule has 1 atom stereocenters. The molecule has 0 saturated carbocycles. The molecule has 2 heteroatoms. The van der Waals surface area contributed by atoms with E-state index >= 15 is 0 Å². The summed E-state index contributed by atoms with van der Waals surface area (Å²) in [5, 5.41) is 21.2. The average Bonchev–Trinajstić information content (AvgIpc) is 3.21. The summed E-state index contributed by atoms with van der Waals surface area (Å²) in [4.78, 5) is 12.9. The van der Waals surface area contributed by atoms with Gasteiger partial charge in [0.2, 0.25) is 0 Å². The highest BCUT2D eigenvalue weighted by Crippen LogP contribution is 2.48. The third-order valence-corrected chi connectivity index (χ3v) is 12.4. The monoisotopic (exact) mass is 686 g/mol. The predicted octanol–water partition coefficient (Wildman–Crippen LogP) is 13.3. The van der Waals surface area contributed by atoms with E-state index in [9.17, 15) is 9.90 Å². The van der Waals surface area contributed by atoms with Crippen molar-refractivity contribution >= 4 is 60.0 Å². The lowest BCUT2D eigenvalue weighted by Gasteiger charge is -2.38. The van der Waals surface area contributed by atoms with Gasteiger partial charge in [0.25, 0.3) is 0 Å². The Labute approximate surface area is 311 Å². The first kappa shape index (κ1) is 32.9. The van der Waals surface area contributed by atoms with Crippen molar-refractivity contribution in [2.45, 2.75) is 46.0 Å². The zero-order valence-corrected chi connectivity index (χ0v) is 30.5. The van der Waals surface area contributed by atoms with E-state index in [4.69, 9.17) is 0 Å². The molecule has 0 saturated heterocycles. The van der Waals surface area contributed by atoms with Crippen LogP contribution in [0.4, 0.5) is 0 Å². The molecule has 0 bridgehead atoms. The van der Waals surface area contributed by atoms with Crippen molar-refractivity contribution in [1.29, 1.82) is 0 Å². The highest BCUT2D eigenvalue weighted by Gasteiger charge is 2.34. The highest BCUT2D eigenvalue weighted by atomic mass is 16.3. The van der Waals surface area contributed by atoms with Gasteiger partial charge in [-0.25, -0.2) is 0 Å². The van der Waals surface area contributed by atoms with Crippen LogP contribution in [-0.4, -0.2) is 10.9 Å². The summed E-state index contributed by atoms with van der Waals surface area (Å²) in [6.45, 7) is 7.11. The molecule has 8 aromatic carbocycles. The molecule has 53 heavy (non-hydrogen) atoms. The standard InChI is InChI=1S/C51H42O2/c1-4-51(3,5-2)45(39-24-21-36-20-19-34-14-11-15-35-22-25-43(39)50(36)48(34)35)31-32-18-23-38-42(27-29-47(53)44(38)30-32)49(33-12-7-6-8-13-33)41-26-28-46(52)40-17-10-9-16-37(40)41/h6-30,45,53H,4-5,31H2,1-3H3/b49-41+. The smallest absolute Gasteiger partial charge is 0.186 e. The van der Waals surface area contributed by atoms with E-state index in [0.717, 1.165) is 57.9 Å². The Hall–Kier alpha value is -5.99. The Morgan fingerprint density at radius 2 is 1.28 bits per heavy atom. The Morgan fingerprint density at radius 3 is 2.04 bits per heavy atom. The summed E-state index contributed by atoms with van der Waals surface area (Å²) in [5.74, 6) is 0.543. The maximum atomic E-state index is 12.9. The van der Waals surface area contributed by atoms with Crippen molar-refractivity contribution < 1.29 is 9.90 Å². The fraction of sp³-hybridized carbons (Fsp3) is 0.157. The molecular formula is C51H42O2. The lowest BCUT2D eigenvalue weighted by Crippen LogP contribution is -2.26. The van der Waals surface area contributed by atoms with E-state index in [2.05, 4.69) is 118 Å². The van der Waals surface area contributed by atoms with Crippen LogP contribution < -0.4 is 0 Å². The minimum absolute atomic E-state index is 0.0161. The normalized spacial score (nSPS) is 14.7. The van der Waals surface area contributed by atoms with Gasteiger partial charge in [-0.1, -0.05) is 161 Å². The largest absolute Gasteiger partial charge is 0.507 e. The first-order valence-corrected chi connectivity index (χ1v) is 18.9. The first-order valence-electron chi connectivity index (χ1n) is 18.9. The van der Waals surface area contributed by atoms with Crippen LogP contribution in [0.5, 0.6) is 5.75 Å². The third-order valence-electron chi connectivity index (χ3n) is 12.4. The summed E-state index contributed by atoms with van der Waals surface area (Å²) in [6.07, 6.45) is 6.61. The number of phenolic OH excluding ortho intramolecular Hbond substituents is 1. The molecule has 0 spiro atoms. The Bertz CT molecular complexity index is 2750. The molecule has 1 aliphatic carbocycles. The van der Waals surface area contributed by atoms with Gasteiger partial charge in [0.1, 0.15) is 5.75 Å². The second-order valence-corrected chi connectivity index (χ2v) is 15.0. The van der Waals surface area contributed by atoms with Crippen LogP contribution in [0.15, 0.2) is 152 Å². The molecule has 8 aromatic rings. The van der Waals surface area contributed by atoms with Crippen LogP contribution in [0.3, 0.4) is 0 Å². The van der Waals surface area contributed by atoms with E-state index in [1.165, 1.54) is 43.4 Å². The van der Waals surface area contributed by atoms with Gasteiger partial charge in [-0.3, -0.25) is 4.79 Å². The van der Waals surface area contributed by atoms with Gasteiger partial charge in [-0.2, -0.15) is 0 Å². The number of fused-ring (bicyclic) bond motifs is 2. The summed E-state index contributed by atoms with van der Waals surface area (Å²) in [5.41, 5.74) is 8.41. The lowest BCUT2D eigenvalue weighted by molar-refractivity contribution is 0.104. The molecule has 0 fully saturated rings. The van der Waals surface area contributed by atoms with Gasteiger partial charge in [0.05, 0.1) is 0 Å². The second-order valence-electron chi connectivity index (χ2n) is 15.0. The molecule has 0 aliphatic heterocycles. The molecule has 258 valence electrons. The quantitative estimate of drug-likeness (QED) is 0.162. The summed E-state index contributed by atoms with van der Waals surface area (Å²) in [6, 6.07) is 49.2. The number of aromatic hydroxyl groups is 1. The summed E-state index contributed by atoms with van der Waals surface area (Å²) in [7, 11) is 0. The second kappa shape index (κ2) is 12.9.